The zero-order valence-electron chi connectivity index (χ0n) is 13.3. The minimum absolute atomic E-state index is 0.797. The smallest absolute Gasteiger partial charge is 0.0620 e. The standard InChI is InChI=1S/C18H24N2/c1-10-8-16(19)17(9-11(10)2)20-18-14(5)12(3)7-13(4)15(18)6/h7-9,20H,19H2,1-6H3. The van der Waals surface area contributed by atoms with Gasteiger partial charge in [0, 0.05) is 5.69 Å². The summed E-state index contributed by atoms with van der Waals surface area (Å²) in [5.41, 5.74) is 16.8. The first-order chi connectivity index (χ1) is 9.31. The number of aryl methyl sites for hydroxylation is 4. The van der Waals surface area contributed by atoms with E-state index in [-0.39, 0.29) is 0 Å². The van der Waals surface area contributed by atoms with Gasteiger partial charge in [-0.05, 0) is 87.1 Å². The Hall–Kier alpha value is -1.96. The van der Waals surface area contributed by atoms with E-state index in [1.54, 1.807) is 0 Å². The Labute approximate surface area is 122 Å². The third-order valence-corrected chi connectivity index (χ3v) is 4.29. The maximum Gasteiger partial charge on any atom is 0.0620 e. The average molecular weight is 268 g/mol. The van der Waals surface area contributed by atoms with Crippen molar-refractivity contribution < 1.29 is 0 Å². The fourth-order valence-corrected chi connectivity index (χ4v) is 2.49. The minimum atomic E-state index is 0.797. The number of hydrogen-bond donors (Lipinski definition) is 2. The number of benzene rings is 2. The Morgan fingerprint density at radius 3 is 1.75 bits per heavy atom. The van der Waals surface area contributed by atoms with Gasteiger partial charge >= 0.3 is 0 Å². The monoisotopic (exact) mass is 268 g/mol. The second-order valence-corrected chi connectivity index (χ2v) is 5.78. The quantitative estimate of drug-likeness (QED) is 0.763. The van der Waals surface area contributed by atoms with Crippen molar-refractivity contribution in [1.82, 2.24) is 0 Å². The Morgan fingerprint density at radius 1 is 0.700 bits per heavy atom. The molecule has 0 spiro atoms. The molecule has 0 saturated carbocycles. The van der Waals surface area contributed by atoms with E-state index in [1.807, 2.05) is 6.07 Å². The maximum atomic E-state index is 6.15. The molecule has 2 heteroatoms. The zero-order chi connectivity index (χ0) is 15.0. The molecule has 2 aromatic carbocycles. The second kappa shape index (κ2) is 5.20. The molecule has 0 aliphatic heterocycles. The van der Waals surface area contributed by atoms with Gasteiger partial charge in [-0.2, -0.15) is 0 Å². The van der Waals surface area contributed by atoms with Gasteiger partial charge in [0.1, 0.15) is 0 Å². The van der Waals surface area contributed by atoms with E-state index in [9.17, 15) is 0 Å². The van der Waals surface area contributed by atoms with Crippen LogP contribution in [-0.4, -0.2) is 0 Å². The first kappa shape index (κ1) is 14.4. The molecule has 0 unspecified atom stereocenters. The van der Waals surface area contributed by atoms with E-state index in [4.69, 9.17) is 5.73 Å². The normalized spacial score (nSPS) is 10.7. The lowest BCUT2D eigenvalue weighted by Gasteiger charge is -2.19. The van der Waals surface area contributed by atoms with E-state index in [0.717, 1.165) is 11.4 Å². The van der Waals surface area contributed by atoms with Crippen LogP contribution in [0, 0.1) is 41.5 Å². The molecule has 20 heavy (non-hydrogen) atoms. The van der Waals surface area contributed by atoms with E-state index in [1.165, 1.54) is 39.1 Å². The van der Waals surface area contributed by atoms with Crippen LogP contribution >= 0.6 is 0 Å². The minimum Gasteiger partial charge on any atom is -0.397 e. The largest absolute Gasteiger partial charge is 0.397 e. The molecule has 0 amide bonds. The van der Waals surface area contributed by atoms with Crippen LogP contribution in [-0.2, 0) is 0 Å². The topological polar surface area (TPSA) is 38.0 Å². The SMILES string of the molecule is Cc1cc(N)c(Nc2c(C)c(C)cc(C)c2C)cc1C. The first-order valence-electron chi connectivity index (χ1n) is 7.02. The molecule has 0 saturated heterocycles. The van der Waals surface area contributed by atoms with Crippen molar-refractivity contribution in [2.75, 3.05) is 11.1 Å². The molecule has 0 aromatic heterocycles. The summed E-state index contributed by atoms with van der Waals surface area (Å²) in [5.74, 6) is 0. The molecule has 0 aliphatic carbocycles. The maximum absolute atomic E-state index is 6.15. The molecule has 0 aliphatic rings. The summed E-state index contributed by atoms with van der Waals surface area (Å²) in [6.45, 7) is 12.8. The van der Waals surface area contributed by atoms with Gasteiger partial charge in [-0.3, -0.25) is 0 Å². The van der Waals surface area contributed by atoms with Gasteiger partial charge in [0.25, 0.3) is 0 Å². The van der Waals surface area contributed by atoms with Crippen LogP contribution in [0.2, 0.25) is 0 Å². The van der Waals surface area contributed by atoms with Crippen LogP contribution in [0.1, 0.15) is 33.4 Å². The van der Waals surface area contributed by atoms with Crippen LogP contribution < -0.4 is 11.1 Å². The highest BCUT2D eigenvalue weighted by atomic mass is 14.9. The first-order valence-corrected chi connectivity index (χ1v) is 7.02. The molecule has 0 fully saturated rings. The summed E-state index contributed by atoms with van der Waals surface area (Å²) in [5, 5.41) is 3.53. The summed E-state index contributed by atoms with van der Waals surface area (Å²) < 4.78 is 0. The van der Waals surface area contributed by atoms with E-state index in [0.29, 0.717) is 0 Å². The van der Waals surface area contributed by atoms with Crippen LogP contribution in [0.15, 0.2) is 18.2 Å². The highest BCUT2D eigenvalue weighted by Crippen LogP contribution is 2.32. The van der Waals surface area contributed by atoms with E-state index in [2.05, 4.69) is 59.0 Å². The predicted octanol–water partition coefficient (Wildman–Crippen LogP) is 4.86. The molecular formula is C18H24N2. The molecule has 106 valence electrons. The highest BCUT2D eigenvalue weighted by molar-refractivity contribution is 5.77. The van der Waals surface area contributed by atoms with Crippen molar-refractivity contribution in [3.8, 4) is 0 Å². The van der Waals surface area contributed by atoms with Crippen LogP contribution in [0.3, 0.4) is 0 Å². The molecule has 2 aromatic rings. The van der Waals surface area contributed by atoms with Crippen molar-refractivity contribution >= 4 is 17.1 Å². The number of anilines is 3. The number of rotatable bonds is 2. The van der Waals surface area contributed by atoms with Crippen LogP contribution in [0.25, 0.3) is 0 Å². The number of nitrogen functional groups attached to an aromatic ring is 1. The summed E-state index contributed by atoms with van der Waals surface area (Å²) in [6, 6.07) is 6.39. The van der Waals surface area contributed by atoms with Crippen LogP contribution in [0.4, 0.5) is 17.1 Å². The van der Waals surface area contributed by atoms with Crippen molar-refractivity contribution in [3.05, 3.63) is 51.6 Å². The highest BCUT2D eigenvalue weighted by Gasteiger charge is 2.10. The summed E-state index contributed by atoms with van der Waals surface area (Å²) in [7, 11) is 0. The molecule has 0 atom stereocenters. The Morgan fingerprint density at radius 2 is 1.20 bits per heavy atom. The summed E-state index contributed by atoms with van der Waals surface area (Å²) >= 11 is 0. The van der Waals surface area contributed by atoms with E-state index < -0.39 is 0 Å². The van der Waals surface area contributed by atoms with E-state index >= 15 is 0 Å². The Kier molecular flexibility index (Phi) is 3.76. The number of nitrogens with one attached hydrogen (secondary N) is 1. The third-order valence-electron chi connectivity index (χ3n) is 4.29. The van der Waals surface area contributed by atoms with Gasteiger partial charge in [-0.1, -0.05) is 6.07 Å². The summed E-state index contributed by atoms with van der Waals surface area (Å²) in [4.78, 5) is 0. The van der Waals surface area contributed by atoms with Crippen molar-refractivity contribution in [1.29, 1.82) is 0 Å². The fraction of sp³-hybridized carbons (Fsp3) is 0.333. The van der Waals surface area contributed by atoms with Gasteiger partial charge in [0.15, 0.2) is 0 Å². The fourth-order valence-electron chi connectivity index (χ4n) is 2.49. The lowest BCUT2D eigenvalue weighted by Crippen LogP contribution is -2.03. The molecule has 0 heterocycles. The molecule has 0 radical (unpaired) electrons. The number of hydrogen-bond acceptors (Lipinski definition) is 2. The molecule has 3 N–H and O–H groups in total. The molecule has 0 bridgehead atoms. The average Bonchev–Trinajstić information content (AvgIpc) is 2.38. The Balaban J connectivity index is 2.53. The predicted molar refractivity (Wildman–Crippen MR) is 89.0 cm³/mol. The molecule has 2 nitrogen and oxygen atoms in total. The molecule has 2 rings (SSSR count). The lowest BCUT2D eigenvalue weighted by molar-refractivity contribution is 1.23. The van der Waals surface area contributed by atoms with Gasteiger partial charge in [0.05, 0.1) is 11.4 Å². The van der Waals surface area contributed by atoms with Crippen molar-refractivity contribution in [2.45, 2.75) is 41.5 Å². The van der Waals surface area contributed by atoms with Crippen LogP contribution in [0.5, 0.6) is 0 Å². The zero-order valence-corrected chi connectivity index (χ0v) is 13.3. The third kappa shape index (κ3) is 2.51. The summed E-state index contributed by atoms with van der Waals surface area (Å²) in [6.07, 6.45) is 0. The van der Waals surface area contributed by atoms with Gasteiger partial charge in [-0.25, -0.2) is 0 Å². The molecular weight excluding hydrogens is 244 g/mol. The second-order valence-electron chi connectivity index (χ2n) is 5.78. The Bertz CT molecular complexity index is 644. The van der Waals surface area contributed by atoms with Crippen molar-refractivity contribution in [2.24, 2.45) is 0 Å². The van der Waals surface area contributed by atoms with Crippen molar-refractivity contribution in [3.63, 3.8) is 0 Å². The lowest BCUT2D eigenvalue weighted by atomic mass is 9.98. The van der Waals surface area contributed by atoms with Gasteiger partial charge in [-0.15, -0.1) is 0 Å². The van der Waals surface area contributed by atoms with Gasteiger partial charge < -0.3 is 11.1 Å². The number of nitrogens with two attached hydrogens (primary N) is 1. The van der Waals surface area contributed by atoms with Gasteiger partial charge in [0.2, 0.25) is 0 Å².